The van der Waals surface area contributed by atoms with Crippen LogP contribution in [-0.2, 0) is 9.53 Å². The van der Waals surface area contributed by atoms with Gasteiger partial charge in [-0.3, -0.25) is 4.79 Å². The van der Waals surface area contributed by atoms with Crippen LogP contribution in [0.3, 0.4) is 0 Å². The van der Waals surface area contributed by atoms with E-state index in [1.807, 2.05) is 0 Å². The van der Waals surface area contributed by atoms with E-state index in [1.165, 1.54) is 64.2 Å². The molecule has 2 aliphatic carbocycles. The zero-order chi connectivity index (χ0) is 21.5. The van der Waals surface area contributed by atoms with E-state index in [9.17, 15) is 4.79 Å². The van der Waals surface area contributed by atoms with Crippen LogP contribution in [0.4, 0.5) is 0 Å². The fourth-order valence-corrected chi connectivity index (χ4v) is 6.47. The first-order valence-electron chi connectivity index (χ1n) is 12.6. The standard InChI is InChI=1S/C25H45ClN2O2.2H2O/c1-18(2)24(27-16-19-5-4-6-20(15-19)17-30-3)25(29)28-13-11-22(12-14-28)21-7-9-23(26)10-8-21;;/h18-24,27H,4-17H2,1-3H3;2*1H2/t19-,20+,21?,23?,24-;;/m1../s1. The van der Waals surface area contributed by atoms with Crippen LogP contribution in [-0.4, -0.2) is 66.5 Å². The Morgan fingerprint density at radius 1 is 0.969 bits per heavy atom. The van der Waals surface area contributed by atoms with Gasteiger partial charge in [0.2, 0.25) is 5.91 Å². The number of ether oxygens (including phenoxy) is 1. The third-order valence-electron chi connectivity index (χ3n) is 8.07. The lowest BCUT2D eigenvalue weighted by Crippen LogP contribution is -2.52. The molecular weight excluding hydrogens is 428 g/mol. The van der Waals surface area contributed by atoms with Gasteiger partial charge in [-0.2, -0.15) is 0 Å². The van der Waals surface area contributed by atoms with E-state index in [0.29, 0.717) is 29.0 Å². The summed E-state index contributed by atoms with van der Waals surface area (Å²) >= 11 is 6.29. The number of likely N-dealkylation sites (tertiary alicyclic amines) is 1. The van der Waals surface area contributed by atoms with Crippen LogP contribution in [0.5, 0.6) is 0 Å². The number of amides is 1. The van der Waals surface area contributed by atoms with Crippen LogP contribution in [0, 0.1) is 29.6 Å². The van der Waals surface area contributed by atoms with Crippen molar-refractivity contribution < 1.29 is 20.5 Å². The van der Waals surface area contributed by atoms with Crippen molar-refractivity contribution in [2.24, 2.45) is 29.6 Å². The maximum Gasteiger partial charge on any atom is 0.239 e. The molecule has 0 radical (unpaired) electrons. The van der Waals surface area contributed by atoms with Crippen LogP contribution >= 0.6 is 11.6 Å². The number of carbonyl (C=O) groups excluding carboxylic acids is 1. The quantitative estimate of drug-likeness (QED) is 0.542. The molecule has 1 aliphatic heterocycles. The van der Waals surface area contributed by atoms with Gasteiger partial charge in [0, 0.05) is 32.2 Å². The number of hydrogen-bond acceptors (Lipinski definition) is 3. The lowest BCUT2D eigenvalue weighted by Gasteiger charge is -2.40. The van der Waals surface area contributed by atoms with E-state index in [-0.39, 0.29) is 17.0 Å². The Hall–Kier alpha value is -0.400. The van der Waals surface area contributed by atoms with Crippen molar-refractivity contribution in [2.75, 3.05) is 33.4 Å². The molecule has 0 bridgehead atoms. The minimum absolute atomic E-state index is 0. The van der Waals surface area contributed by atoms with Gasteiger partial charge >= 0.3 is 0 Å². The number of carbonyl (C=O) groups is 1. The monoisotopic (exact) mass is 476 g/mol. The van der Waals surface area contributed by atoms with Crippen LogP contribution < -0.4 is 5.32 Å². The highest BCUT2D eigenvalue weighted by Crippen LogP contribution is 2.37. The molecule has 1 heterocycles. The summed E-state index contributed by atoms with van der Waals surface area (Å²) in [5.41, 5.74) is 0. The van der Waals surface area contributed by atoms with Crippen LogP contribution in [0.2, 0.25) is 0 Å². The van der Waals surface area contributed by atoms with E-state index in [4.69, 9.17) is 16.3 Å². The second-order valence-corrected chi connectivity index (χ2v) is 11.3. The fraction of sp³-hybridized carbons (Fsp3) is 0.960. The lowest BCUT2D eigenvalue weighted by atomic mass is 9.75. The maximum atomic E-state index is 13.3. The number of hydrogen-bond donors (Lipinski definition) is 1. The van der Waals surface area contributed by atoms with Gasteiger partial charge in [-0.25, -0.2) is 0 Å². The fourth-order valence-electron chi connectivity index (χ4n) is 6.21. The summed E-state index contributed by atoms with van der Waals surface area (Å²) < 4.78 is 5.38. The Labute approximate surface area is 200 Å². The number of alkyl halides is 1. The normalized spacial score (nSPS) is 30.3. The van der Waals surface area contributed by atoms with Crippen molar-refractivity contribution in [1.82, 2.24) is 10.2 Å². The second-order valence-electron chi connectivity index (χ2n) is 10.7. The molecule has 32 heavy (non-hydrogen) atoms. The van der Waals surface area contributed by atoms with E-state index in [1.54, 1.807) is 7.11 Å². The van der Waals surface area contributed by atoms with Crippen molar-refractivity contribution in [2.45, 2.75) is 89.5 Å². The Morgan fingerprint density at radius 2 is 1.56 bits per heavy atom. The van der Waals surface area contributed by atoms with E-state index in [2.05, 4.69) is 24.1 Å². The van der Waals surface area contributed by atoms with E-state index in [0.717, 1.165) is 38.1 Å². The van der Waals surface area contributed by atoms with Crippen molar-refractivity contribution in [3.05, 3.63) is 0 Å². The van der Waals surface area contributed by atoms with Crippen LogP contribution in [0.1, 0.15) is 78.1 Å². The summed E-state index contributed by atoms with van der Waals surface area (Å²) in [6.45, 7) is 8.09. The molecular formula is C25H49ClN2O4. The molecule has 1 amide bonds. The highest BCUT2D eigenvalue weighted by Gasteiger charge is 2.34. The zero-order valence-electron chi connectivity index (χ0n) is 20.6. The molecule has 0 aromatic rings. The first-order valence-corrected chi connectivity index (χ1v) is 13.1. The molecule has 0 aromatic heterocycles. The molecule has 3 atom stereocenters. The van der Waals surface area contributed by atoms with Crippen LogP contribution in [0.15, 0.2) is 0 Å². The summed E-state index contributed by atoms with van der Waals surface area (Å²) in [5, 5.41) is 4.08. The van der Waals surface area contributed by atoms with Crippen molar-refractivity contribution >= 4 is 17.5 Å². The Morgan fingerprint density at radius 3 is 2.16 bits per heavy atom. The molecule has 0 aromatic carbocycles. The van der Waals surface area contributed by atoms with Gasteiger partial charge in [-0.15, -0.1) is 11.6 Å². The number of nitrogens with one attached hydrogen (secondary N) is 1. The second kappa shape index (κ2) is 14.8. The van der Waals surface area contributed by atoms with Gasteiger partial charge in [-0.1, -0.05) is 20.3 Å². The minimum atomic E-state index is -0.0453. The van der Waals surface area contributed by atoms with Gasteiger partial charge < -0.3 is 25.9 Å². The minimum Gasteiger partial charge on any atom is -0.412 e. The SMILES string of the molecule is COC[C@H]1CCC[C@@H](CN[C@@H](C(=O)N2CCC(C3CCC(Cl)CC3)CC2)C(C)C)C1.O.O. The summed E-state index contributed by atoms with van der Waals surface area (Å²) in [6.07, 6.45) is 12.4. The summed E-state index contributed by atoms with van der Waals surface area (Å²) in [6, 6.07) is -0.0453. The number of rotatable bonds is 8. The highest BCUT2D eigenvalue weighted by molar-refractivity contribution is 6.20. The van der Waals surface area contributed by atoms with Gasteiger partial charge in [-0.05, 0) is 93.9 Å². The average molecular weight is 477 g/mol. The predicted molar refractivity (Wildman–Crippen MR) is 132 cm³/mol. The topological polar surface area (TPSA) is 105 Å². The Balaban J connectivity index is 0.00000256. The van der Waals surface area contributed by atoms with E-state index >= 15 is 0 Å². The van der Waals surface area contributed by atoms with Crippen LogP contribution in [0.25, 0.3) is 0 Å². The van der Waals surface area contributed by atoms with Crippen molar-refractivity contribution in [1.29, 1.82) is 0 Å². The molecule has 3 aliphatic rings. The molecule has 5 N–H and O–H groups in total. The lowest BCUT2D eigenvalue weighted by molar-refractivity contribution is -0.136. The molecule has 6 nitrogen and oxygen atoms in total. The predicted octanol–water partition coefficient (Wildman–Crippen LogP) is 3.44. The molecule has 3 fully saturated rings. The van der Waals surface area contributed by atoms with E-state index < -0.39 is 0 Å². The highest BCUT2D eigenvalue weighted by atomic mass is 35.5. The Kier molecular flexibility index (Phi) is 13.7. The average Bonchev–Trinajstić information content (AvgIpc) is 2.75. The van der Waals surface area contributed by atoms with Gasteiger partial charge in [0.1, 0.15) is 0 Å². The molecule has 3 rings (SSSR count). The van der Waals surface area contributed by atoms with Crippen molar-refractivity contribution in [3.8, 4) is 0 Å². The maximum absolute atomic E-state index is 13.3. The first kappa shape index (κ1) is 29.6. The van der Waals surface area contributed by atoms with Gasteiger partial charge in [0.25, 0.3) is 0 Å². The number of methoxy groups -OCH3 is 1. The summed E-state index contributed by atoms with van der Waals surface area (Å²) in [5.74, 6) is 3.66. The smallest absolute Gasteiger partial charge is 0.239 e. The summed E-state index contributed by atoms with van der Waals surface area (Å²) in [7, 11) is 1.81. The van der Waals surface area contributed by atoms with Crippen molar-refractivity contribution in [3.63, 3.8) is 0 Å². The molecule has 1 saturated heterocycles. The number of halogens is 1. The summed E-state index contributed by atoms with van der Waals surface area (Å²) in [4.78, 5) is 15.5. The third-order valence-corrected chi connectivity index (χ3v) is 8.51. The Bertz CT molecular complexity index is 518. The molecule has 0 spiro atoms. The first-order chi connectivity index (χ1) is 14.5. The molecule has 7 heteroatoms. The largest absolute Gasteiger partial charge is 0.412 e. The van der Waals surface area contributed by atoms with Gasteiger partial charge in [0.05, 0.1) is 6.04 Å². The van der Waals surface area contributed by atoms with Gasteiger partial charge in [0.15, 0.2) is 0 Å². The zero-order valence-corrected chi connectivity index (χ0v) is 21.3. The molecule has 0 unspecified atom stereocenters. The third kappa shape index (κ3) is 8.43. The molecule has 190 valence electrons. The number of piperidine rings is 1. The number of nitrogens with zero attached hydrogens (tertiary/aromatic N) is 1. The molecule has 2 saturated carbocycles.